The zero-order valence-corrected chi connectivity index (χ0v) is 12.6. The standard InChI is InChI=1S/C14H17BrO2S/c15-10-1-4-13(17-11-2-3-11)14(9-10)18-12-5-7-16-8-6-12/h1,4,9,11-12H,2-3,5-8H2. The van der Waals surface area contributed by atoms with E-state index in [-0.39, 0.29) is 0 Å². The van der Waals surface area contributed by atoms with Crippen LogP contribution in [0.5, 0.6) is 5.75 Å². The van der Waals surface area contributed by atoms with Gasteiger partial charge in [-0.05, 0) is 43.9 Å². The van der Waals surface area contributed by atoms with E-state index in [1.54, 1.807) is 0 Å². The highest BCUT2D eigenvalue weighted by atomic mass is 79.9. The van der Waals surface area contributed by atoms with Crippen molar-refractivity contribution in [2.24, 2.45) is 0 Å². The van der Waals surface area contributed by atoms with Crippen LogP contribution in [0.4, 0.5) is 0 Å². The Morgan fingerprint density at radius 1 is 1.17 bits per heavy atom. The lowest BCUT2D eigenvalue weighted by atomic mass is 10.2. The van der Waals surface area contributed by atoms with Gasteiger partial charge in [0.1, 0.15) is 5.75 Å². The second-order valence-electron chi connectivity index (χ2n) is 4.84. The van der Waals surface area contributed by atoms with Gasteiger partial charge in [0, 0.05) is 22.9 Å². The van der Waals surface area contributed by atoms with Gasteiger partial charge in [0.15, 0.2) is 0 Å². The van der Waals surface area contributed by atoms with Crippen molar-refractivity contribution in [2.75, 3.05) is 13.2 Å². The summed E-state index contributed by atoms with van der Waals surface area (Å²) in [5.41, 5.74) is 0. The van der Waals surface area contributed by atoms with Gasteiger partial charge in [-0.3, -0.25) is 0 Å². The van der Waals surface area contributed by atoms with Gasteiger partial charge < -0.3 is 9.47 Å². The Kier molecular flexibility index (Phi) is 4.16. The topological polar surface area (TPSA) is 18.5 Å². The minimum absolute atomic E-state index is 0.459. The first-order chi connectivity index (χ1) is 8.81. The van der Waals surface area contributed by atoms with Crippen molar-refractivity contribution >= 4 is 27.7 Å². The molecule has 1 aromatic carbocycles. The molecule has 0 aromatic heterocycles. The highest BCUT2D eigenvalue weighted by Crippen LogP contribution is 2.39. The van der Waals surface area contributed by atoms with Gasteiger partial charge in [-0.15, -0.1) is 11.8 Å². The van der Waals surface area contributed by atoms with E-state index in [0.29, 0.717) is 11.4 Å². The minimum atomic E-state index is 0.459. The highest BCUT2D eigenvalue weighted by molar-refractivity contribution is 9.10. The third-order valence-corrected chi connectivity index (χ3v) is 5.06. The summed E-state index contributed by atoms with van der Waals surface area (Å²) in [5.74, 6) is 1.05. The molecule has 98 valence electrons. The third-order valence-electron chi connectivity index (χ3n) is 3.19. The monoisotopic (exact) mass is 328 g/mol. The third kappa shape index (κ3) is 3.43. The molecule has 4 heteroatoms. The summed E-state index contributed by atoms with van der Waals surface area (Å²) in [6.45, 7) is 1.79. The van der Waals surface area contributed by atoms with Crippen LogP contribution in [-0.2, 0) is 4.74 Å². The van der Waals surface area contributed by atoms with Crippen LogP contribution in [0, 0.1) is 0 Å². The summed E-state index contributed by atoms with van der Waals surface area (Å²) < 4.78 is 12.5. The molecule has 1 aliphatic heterocycles. The lowest BCUT2D eigenvalue weighted by Gasteiger charge is -2.22. The zero-order chi connectivity index (χ0) is 12.4. The number of hydrogen-bond donors (Lipinski definition) is 0. The van der Waals surface area contributed by atoms with Crippen LogP contribution in [0.15, 0.2) is 27.6 Å². The van der Waals surface area contributed by atoms with Crippen molar-refractivity contribution in [3.8, 4) is 5.75 Å². The molecule has 0 spiro atoms. The van der Waals surface area contributed by atoms with Crippen molar-refractivity contribution in [1.29, 1.82) is 0 Å². The lowest BCUT2D eigenvalue weighted by Crippen LogP contribution is -2.17. The average molecular weight is 329 g/mol. The Labute approximate surface area is 121 Å². The number of benzene rings is 1. The van der Waals surface area contributed by atoms with Crippen molar-refractivity contribution in [1.82, 2.24) is 0 Å². The van der Waals surface area contributed by atoms with Gasteiger partial charge in [-0.1, -0.05) is 15.9 Å². The second-order valence-corrected chi connectivity index (χ2v) is 7.10. The molecular formula is C14H17BrO2S. The largest absolute Gasteiger partial charge is 0.489 e. The molecule has 1 aliphatic carbocycles. The fourth-order valence-corrected chi connectivity index (χ4v) is 3.74. The molecule has 1 saturated carbocycles. The maximum Gasteiger partial charge on any atom is 0.133 e. The Bertz CT molecular complexity index is 414. The highest BCUT2D eigenvalue weighted by Gasteiger charge is 2.25. The van der Waals surface area contributed by atoms with Crippen molar-refractivity contribution in [3.05, 3.63) is 22.7 Å². The fraction of sp³-hybridized carbons (Fsp3) is 0.571. The van der Waals surface area contributed by atoms with Gasteiger partial charge >= 0.3 is 0 Å². The van der Waals surface area contributed by atoms with Crippen molar-refractivity contribution < 1.29 is 9.47 Å². The number of rotatable bonds is 4. The predicted molar refractivity (Wildman–Crippen MR) is 77.5 cm³/mol. The molecule has 0 N–H and O–H groups in total. The van der Waals surface area contributed by atoms with E-state index in [4.69, 9.17) is 9.47 Å². The number of hydrogen-bond acceptors (Lipinski definition) is 3. The van der Waals surface area contributed by atoms with Crippen LogP contribution < -0.4 is 4.74 Å². The maximum atomic E-state index is 5.98. The molecule has 3 rings (SSSR count). The molecule has 0 atom stereocenters. The normalized spacial score (nSPS) is 20.9. The number of ether oxygens (including phenoxy) is 2. The van der Waals surface area contributed by atoms with E-state index in [1.807, 2.05) is 11.8 Å². The predicted octanol–water partition coefficient (Wildman–Crippen LogP) is 4.26. The molecule has 2 fully saturated rings. The average Bonchev–Trinajstić information content (AvgIpc) is 3.18. The molecule has 0 unspecified atom stereocenters. The first-order valence-electron chi connectivity index (χ1n) is 6.52. The zero-order valence-electron chi connectivity index (χ0n) is 10.2. The van der Waals surface area contributed by atoms with Gasteiger partial charge in [-0.2, -0.15) is 0 Å². The van der Waals surface area contributed by atoms with Crippen molar-refractivity contribution in [2.45, 2.75) is 41.9 Å². The Morgan fingerprint density at radius 3 is 2.67 bits per heavy atom. The second kappa shape index (κ2) is 5.85. The van der Waals surface area contributed by atoms with Crippen LogP contribution in [0.25, 0.3) is 0 Å². The molecule has 1 heterocycles. The minimum Gasteiger partial charge on any atom is -0.489 e. The van der Waals surface area contributed by atoms with E-state index in [0.717, 1.165) is 36.3 Å². The van der Waals surface area contributed by atoms with Crippen LogP contribution in [0.1, 0.15) is 25.7 Å². The van der Waals surface area contributed by atoms with E-state index in [1.165, 1.54) is 17.7 Å². The van der Waals surface area contributed by atoms with Crippen LogP contribution in [0.2, 0.25) is 0 Å². The SMILES string of the molecule is Brc1ccc(OC2CC2)c(SC2CCOCC2)c1. The first kappa shape index (κ1) is 12.8. The quantitative estimate of drug-likeness (QED) is 0.822. The van der Waals surface area contributed by atoms with E-state index >= 15 is 0 Å². The van der Waals surface area contributed by atoms with Crippen molar-refractivity contribution in [3.63, 3.8) is 0 Å². The van der Waals surface area contributed by atoms with Gasteiger partial charge in [0.2, 0.25) is 0 Å². The van der Waals surface area contributed by atoms with Gasteiger partial charge in [0.25, 0.3) is 0 Å². The molecule has 0 amide bonds. The summed E-state index contributed by atoms with van der Waals surface area (Å²) in [7, 11) is 0. The molecule has 2 nitrogen and oxygen atoms in total. The summed E-state index contributed by atoms with van der Waals surface area (Å²) in [6.07, 6.45) is 5.15. The number of thioether (sulfide) groups is 1. The Hall–Kier alpha value is -0.190. The molecule has 0 bridgehead atoms. The van der Waals surface area contributed by atoms with E-state index in [9.17, 15) is 0 Å². The molecule has 18 heavy (non-hydrogen) atoms. The maximum absolute atomic E-state index is 5.98. The molecule has 0 radical (unpaired) electrons. The molecule has 2 aliphatic rings. The van der Waals surface area contributed by atoms with Gasteiger partial charge in [-0.25, -0.2) is 0 Å². The summed E-state index contributed by atoms with van der Waals surface area (Å²) in [4.78, 5) is 1.27. The van der Waals surface area contributed by atoms with E-state index in [2.05, 4.69) is 34.1 Å². The summed E-state index contributed by atoms with van der Waals surface area (Å²) in [6, 6.07) is 6.33. The molecule has 1 aromatic rings. The summed E-state index contributed by atoms with van der Waals surface area (Å²) in [5, 5.41) is 0.662. The van der Waals surface area contributed by atoms with Crippen LogP contribution >= 0.6 is 27.7 Å². The smallest absolute Gasteiger partial charge is 0.133 e. The molecular weight excluding hydrogens is 312 g/mol. The Balaban J connectivity index is 1.72. The lowest BCUT2D eigenvalue weighted by molar-refractivity contribution is 0.1000. The Morgan fingerprint density at radius 2 is 1.94 bits per heavy atom. The van der Waals surface area contributed by atoms with Crippen LogP contribution in [0.3, 0.4) is 0 Å². The number of halogens is 1. The fourth-order valence-electron chi connectivity index (χ4n) is 2.01. The summed E-state index contributed by atoms with van der Waals surface area (Å²) >= 11 is 5.49. The first-order valence-corrected chi connectivity index (χ1v) is 8.19. The van der Waals surface area contributed by atoms with E-state index < -0.39 is 0 Å². The molecule has 1 saturated heterocycles. The van der Waals surface area contributed by atoms with Gasteiger partial charge in [0.05, 0.1) is 11.0 Å². The van der Waals surface area contributed by atoms with Crippen LogP contribution in [-0.4, -0.2) is 24.6 Å².